The van der Waals surface area contributed by atoms with Crippen LogP contribution in [0.1, 0.15) is 77.8 Å². The van der Waals surface area contributed by atoms with Gasteiger partial charge in [-0.15, -0.1) is 0 Å². The molecule has 60 heavy (non-hydrogen) atoms. The van der Waals surface area contributed by atoms with Crippen LogP contribution >= 0.6 is 0 Å². The Morgan fingerprint density at radius 1 is 0.967 bits per heavy atom. The fraction of sp³-hybridized carbons (Fsp3) is 0.340. The molecule has 1 atom stereocenters. The summed E-state index contributed by atoms with van der Waals surface area (Å²) in [7, 11) is 0. The Bertz CT molecular complexity index is 2380. The number of nitriles is 1. The van der Waals surface area contributed by atoms with Gasteiger partial charge in [0, 0.05) is 69.3 Å². The molecule has 0 radical (unpaired) electrons. The quantitative estimate of drug-likeness (QED) is 0.0986. The van der Waals surface area contributed by atoms with E-state index >= 15 is 0 Å². The highest BCUT2D eigenvalue weighted by atomic mass is 16.3. The van der Waals surface area contributed by atoms with Crippen LogP contribution in [0.15, 0.2) is 97.3 Å². The minimum Gasteiger partial charge on any atom is -0.385 e. The predicted molar refractivity (Wildman–Crippen MR) is 228 cm³/mol. The number of carbonyl (C=O) groups is 3. The molecule has 3 amide bonds. The van der Waals surface area contributed by atoms with Crippen LogP contribution in [0.4, 0.5) is 17.5 Å². The van der Waals surface area contributed by atoms with Gasteiger partial charge in [-0.3, -0.25) is 24.6 Å². The lowest BCUT2D eigenvalue weighted by atomic mass is 9.83. The molecule has 0 bridgehead atoms. The third kappa shape index (κ3) is 9.20. The first-order valence-electron chi connectivity index (χ1n) is 20.7. The van der Waals surface area contributed by atoms with Crippen molar-refractivity contribution in [3.05, 3.63) is 131 Å². The summed E-state index contributed by atoms with van der Waals surface area (Å²) < 4.78 is 0. The van der Waals surface area contributed by atoms with Crippen molar-refractivity contribution in [1.82, 2.24) is 30.1 Å². The second kappa shape index (κ2) is 17.8. The Morgan fingerprint density at radius 3 is 2.48 bits per heavy atom. The van der Waals surface area contributed by atoms with Crippen LogP contribution in [0.3, 0.4) is 0 Å². The first-order valence-corrected chi connectivity index (χ1v) is 20.7. The number of imide groups is 1. The van der Waals surface area contributed by atoms with E-state index in [-0.39, 0.29) is 18.9 Å². The molecule has 0 spiro atoms. The summed E-state index contributed by atoms with van der Waals surface area (Å²) >= 11 is 0. The van der Waals surface area contributed by atoms with Crippen molar-refractivity contribution in [1.29, 1.82) is 5.26 Å². The zero-order valence-corrected chi connectivity index (χ0v) is 33.8. The number of nitrogens with zero attached hydrogens (tertiary/aromatic N) is 7. The van der Waals surface area contributed by atoms with E-state index in [2.05, 4.69) is 71.8 Å². The Labute approximate surface area is 350 Å². The minimum atomic E-state index is -0.986. The largest absolute Gasteiger partial charge is 0.385 e. The molecule has 3 aliphatic rings. The van der Waals surface area contributed by atoms with Crippen LogP contribution in [0.25, 0.3) is 11.3 Å². The Balaban J connectivity index is 0.803. The summed E-state index contributed by atoms with van der Waals surface area (Å²) in [6, 6.07) is 29.6. The van der Waals surface area contributed by atoms with Gasteiger partial charge in [-0.25, -0.2) is 15.0 Å². The van der Waals surface area contributed by atoms with Gasteiger partial charge in [-0.05, 0) is 109 Å². The number of likely N-dealkylation sites (tertiary alicyclic amines) is 1. The lowest BCUT2D eigenvalue weighted by Gasteiger charge is -2.39. The fourth-order valence-electron chi connectivity index (χ4n) is 8.62. The minimum absolute atomic E-state index is 0.201. The first-order chi connectivity index (χ1) is 29.2. The zero-order chi connectivity index (χ0) is 41.6. The molecule has 2 aromatic heterocycles. The van der Waals surface area contributed by atoms with Gasteiger partial charge < -0.3 is 20.2 Å². The molecule has 3 aliphatic heterocycles. The standard InChI is InChI=1S/C47H49N9O4/c1-32-5-9-39(26-38(32)30-56(31-57)42-12-14-44(58)53-45(42)59)47(60)18-23-54(24-19-47)29-33-6-10-40(11-7-33)55-21-16-35(17-22-55)37-8-13-43(50-28-37)52-46-49-20-15-41(51-46)36-4-2-3-34(25-36)27-48/h2-11,13,15,20,25-26,28,31,35,42,60H,12,14,16-19,21-24,29-30H2,1H3,(H,53,58,59)(H,49,50,51,52). The number of pyridine rings is 1. The number of benzene rings is 3. The SMILES string of the molecule is Cc1ccc(C2(O)CCN(Cc3ccc(N4CCC(c5ccc(Nc6nccc(-c7cccc(C#N)c7)n6)nc5)CC4)cc3)CC2)cc1CN(C=O)C1CCC(=O)NC1=O. The summed E-state index contributed by atoms with van der Waals surface area (Å²) in [5.41, 5.74) is 7.54. The lowest BCUT2D eigenvalue weighted by Crippen LogP contribution is -2.51. The van der Waals surface area contributed by atoms with E-state index in [1.807, 2.05) is 61.7 Å². The zero-order valence-electron chi connectivity index (χ0n) is 33.8. The van der Waals surface area contributed by atoms with Crippen molar-refractivity contribution in [2.75, 3.05) is 36.4 Å². The highest BCUT2D eigenvalue weighted by Gasteiger charge is 2.35. The highest BCUT2D eigenvalue weighted by molar-refractivity contribution is 6.00. The van der Waals surface area contributed by atoms with E-state index in [0.29, 0.717) is 48.9 Å². The van der Waals surface area contributed by atoms with Crippen LogP contribution in [-0.4, -0.2) is 80.3 Å². The van der Waals surface area contributed by atoms with Crippen LogP contribution in [0, 0.1) is 18.3 Å². The van der Waals surface area contributed by atoms with Gasteiger partial charge in [0.05, 0.1) is 22.9 Å². The van der Waals surface area contributed by atoms with E-state index in [1.165, 1.54) is 21.7 Å². The van der Waals surface area contributed by atoms with Gasteiger partial charge in [-0.2, -0.15) is 5.26 Å². The van der Waals surface area contributed by atoms with Crippen molar-refractivity contribution < 1.29 is 19.5 Å². The molecule has 5 heterocycles. The number of piperidine rings is 3. The average Bonchev–Trinajstić information content (AvgIpc) is 3.28. The van der Waals surface area contributed by atoms with Gasteiger partial charge in [0.15, 0.2) is 0 Å². The number of hydrogen-bond donors (Lipinski definition) is 3. The number of aryl methyl sites for hydroxylation is 1. The fourth-order valence-corrected chi connectivity index (χ4v) is 8.62. The predicted octanol–water partition coefficient (Wildman–Crippen LogP) is 6.09. The first kappa shape index (κ1) is 40.3. The van der Waals surface area contributed by atoms with Gasteiger partial charge >= 0.3 is 0 Å². The van der Waals surface area contributed by atoms with Crippen molar-refractivity contribution in [2.24, 2.45) is 0 Å². The maximum atomic E-state index is 12.4. The molecule has 1 unspecified atom stereocenters. The van der Waals surface area contributed by atoms with Gasteiger partial charge in [0.2, 0.25) is 24.2 Å². The van der Waals surface area contributed by atoms with Gasteiger partial charge in [0.25, 0.3) is 0 Å². The van der Waals surface area contributed by atoms with Crippen LogP contribution < -0.4 is 15.5 Å². The number of rotatable bonds is 12. The second-order valence-electron chi connectivity index (χ2n) is 16.2. The molecule has 3 fully saturated rings. The lowest BCUT2D eigenvalue weighted by molar-refractivity contribution is -0.141. The maximum Gasteiger partial charge on any atom is 0.249 e. The van der Waals surface area contributed by atoms with Crippen molar-refractivity contribution in [2.45, 2.75) is 76.1 Å². The molecule has 306 valence electrons. The molecular weight excluding hydrogens is 755 g/mol. The van der Waals surface area contributed by atoms with E-state index < -0.39 is 17.6 Å². The van der Waals surface area contributed by atoms with E-state index in [9.17, 15) is 24.8 Å². The highest BCUT2D eigenvalue weighted by Crippen LogP contribution is 2.36. The summed E-state index contributed by atoms with van der Waals surface area (Å²) in [6.45, 7) is 6.42. The van der Waals surface area contributed by atoms with Crippen LogP contribution in [0.2, 0.25) is 0 Å². The summed E-state index contributed by atoms with van der Waals surface area (Å²) in [5.74, 6) is 0.790. The molecule has 5 aromatic rings. The number of hydrogen-bond acceptors (Lipinski definition) is 11. The third-order valence-corrected chi connectivity index (χ3v) is 12.3. The smallest absolute Gasteiger partial charge is 0.249 e. The number of aromatic nitrogens is 3. The summed E-state index contributed by atoms with van der Waals surface area (Å²) in [6.07, 6.45) is 8.08. The molecule has 13 heteroatoms. The molecule has 3 aromatic carbocycles. The monoisotopic (exact) mass is 803 g/mol. The second-order valence-corrected chi connectivity index (χ2v) is 16.2. The molecular formula is C47H49N9O4. The van der Waals surface area contributed by atoms with Crippen molar-refractivity contribution in [3.63, 3.8) is 0 Å². The summed E-state index contributed by atoms with van der Waals surface area (Å²) in [5, 5.41) is 26.6. The Kier molecular flexibility index (Phi) is 11.9. The number of amides is 3. The molecule has 0 aliphatic carbocycles. The molecule has 3 saturated heterocycles. The van der Waals surface area contributed by atoms with Crippen LogP contribution in [0.5, 0.6) is 0 Å². The average molecular weight is 804 g/mol. The van der Waals surface area contributed by atoms with Gasteiger partial charge in [-0.1, -0.05) is 48.5 Å². The molecule has 8 rings (SSSR count). The van der Waals surface area contributed by atoms with Crippen molar-refractivity contribution >= 4 is 35.7 Å². The normalized spacial score (nSPS) is 18.4. The Hall–Kier alpha value is -6.49. The summed E-state index contributed by atoms with van der Waals surface area (Å²) in [4.78, 5) is 56.1. The van der Waals surface area contributed by atoms with E-state index in [1.54, 1.807) is 12.3 Å². The number of aliphatic hydroxyl groups is 1. The molecule has 3 N–H and O–H groups in total. The number of nitrogens with one attached hydrogen (secondary N) is 2. The maximum absolute atomic E-state index is 12.4. The number of carbonyl (C=O) groups excluding carboxylic acids is 3. The van der Waals surface area contributed by atoms with E-state index in [4.69, 9.17) is 0 Å². The van der Waals surface area contributed by atoms with Crippen LogP contribution in [-0.2, 0) is 33.1 Å². The topological polar surface area (TPSA) is 168 Å². The molecule has 13 nitrogen and oxygen atoms in total. The van der Waals surface area contributed by atoms with E-state index in [0.717, 1.165) is 73.5 Å². The molecule has 0 saturated carbocycles. The number of anilines is 3. The van der Waals surface area contributed by atoms with Gasteiger partial charge in [0.1, 0.15) is 11.9 Å². The third-order valence-electron chi connectivity index (χ3n) is 12.3. The Morgan fingerprint density at radius 2 is 1.77 bits per heavy atom. The van der Waals surface area contributed by atoms with Crippen molar-refractivity contribution in [3.8, 4) is 17.3 Å².